The first-order chi connectivity index (χ1) is 10.6. The first-order valence-electron chi connectivity index (χ1n) is 6.84. The van der Waals surface area contributed by atoms with Gasteiger partial charge in [-0.2, -0.15) is 5.10 Å². The molecule has 0 unspecified atom stereocenters. The summed E-state index contributed by atoms with van der Waals surface area (Å²) in [5, 5.41) is 4.32. The van der Waals surface area contributed by atoms with Crippen LogP contribution < -0.4 is 5.73 Å². The molecule has 5 heteroatoms. The van der Waals surface area contributed by atoms with Gasteiger partial charge in [0.2, 0.25) is 5.95 Å². The van der Waals surface area contributed by atoms with Crippen LogP contribution in [0.2, 0.25) is 0 Å². The third-order valence-corrected chi connectivity index (χ3v) is 3.25. The third-order valence-electron chi connectivity index (χ3n) is 3.25. The number of aromatic nitrogens is 2. The minimum atomic E-state index is -0.265. The Bertz CT molecular complexity index is 836. The van der Waals surface area contributed by atoms with Crippen molar-refractivity contribution >= 4 is 12.2 Å². The van der Waals surface area contributed by atoms with Gasteiger partial charge >= 0.3 is 0 Å². The van der Waals surface area contributed by atoms with Crippen LogP contribution in [0.5, 0.6) is 0 Å². The molecule has 0 bridgehead atoms. The van der Waals surface area contributed by atoms with E-state index in [2.05, 4.69) is 10.1 Å². The highest BCUT2D eigenvalue weighted by molar-refractivity contribution is 5.90. The number of anilines is 1. The van der Waals surface area contributed by atoms with E-state index in [1.807, 2.05) is 37.3 Å². The van der Waals surface area contributed by atoms with Crippen LogP contribution in [0.3, 0.4) is 0 Å². The van der Waals surface area contributed by atoms with Gasteiger partial charge in [0.1, 0.15) is 5.82 Å². The molecule has 0 radical (unpaired) electrons. The standard InChI is InChI=1S/C17H15FN4/c1-12-11-22(17(19)21-12)20-10-14-5-2-3-8-16(14)13-6-4-7-15(18)9-13/h2-11H,1H3,(H2,19,21). The second-order valence-corrected chi connectivity index (χ2v) is 4.93. The molecule has 22 heavy (non-hydrogen) atoms. The summed E-state index contributed by atoms with van der Waals surface area (Å²) in [6.07, 6.45) is 3.44. The Balaban J connectivity index is 2.00. The van der Waals surface area contributed by atoms with Crippen molar-refractivity contribution in [1.29, 1.82) is 0 Å². The third kappa shape index (κ3) is 2.88. The van der Waals surface area contributed by atoms with Gasteiger partial charge in [0, 0.05) is 5.56 Å². The summed E-state index contributed by atoms with van der Waals surface area (Å²) in [6.45, 7) is 1.85. The Labute approximate surface area is 127 Å². The van der Waals surface area contributed by atoms with Crippen LogP contribution in [-0.2, 0) is 0 Å². The molecular weight excluding hydrogens is 279 g/mol. The molecule has 2 aromatic carbocycles. The molecule has 0 spiro atoms. The van der Waals surface area contributed by atoms with Crippen LogP contribution in [0, 0.1) is 12.7 Å². The smallest absolute Gasteiger partial charge is 0.221 e. The van der Waals surface area contributed by atoms with Crippen LogP contribution in [0.4, 0.5) is 10.3 Å². The van der Waals surface area contributed by atoms with E-state index < -0.39 is 0 Å². The summed E-state index contributed by atoms with van der Waals surface area (Å²) in [7, 11) is 0. The van der Waals surface area contributed by atoms with Gasteiger partial charge in [0.05, 0.1) is 18.1 Å². The maximum atomic E-state index is 13.4. The van der Waals surface area contributed by atoms with Crippen molar-refractivity contribution in [3.05, 3.63) is 71.8 Å². The van der Waals surface area contributed by atoms with E-state index in [-0.39, 0.29) is 5.82 Å². The van der Waals surface area contributed by atoms with Gasteiger partial charge in [-0.25, -0.2) is 14.1 Å². The van der Waals surface area contributed by atoms with Crippen LogP contribution in [0.25, 0.3) is 11.1 Å². The lowest BCUT2D eigenvalue weighted by Gasteiger charge is -2.06. The highest BCUT2D eigenvalue weighted by Crippen LogP contribution is 2.23. The van der Waals surface area contributed by atoms with Crippen molar-refractivity contribution in [2.45, 2.75) is 6.92 Å². The Kier molecular flexibility index (Phi) is 3.70. The lowest BCUT2D eigenvalue weighted by Crippen LogP contribution is -1.97. The van der Waals surface area contributed by atoms with Crippen molar-refractivity contribution in [3.63, 3.8) is 0 Å². The van der Waals surface area contributed by atoms with E-state index in [4.69, 9.17) is 5.73 Å². The SMILES string of the molecule is Cc1cn(N=Cc2ccccc2-c2cccc(F)c2)c(N)n1. The fraction of sp³-hybridized carbons (Fsp3) is 0.0588. The zero-order valence-corrected chi connectivity index (χ0v) is 12.1. The number of nitrogens with two attached hydrogens (primary N) is 1. The van der Waals surface area contributed by atoms with Crippen molar-refractivity contribution in [3.8, 4) is 11.1 Å². The summed E-state index contributed by atoms with van der Waals surface area (Å²) in [5.74, 6) is 0.0655. The number of nitrogen functional groups attached to an aromatic ring is 1. The fourth-order valence-electron chi connectivity index (χ4n) is 2.25. The molecule has 0 saturated carbocycles. The molecule has 0 saturated heterocycles. The van der Waals surface area contributed by atoms with Gasteiger partial charge in [0.25, 0.3) is 0 Å². The van der Waals surface area contributed by atoms with Crippen molar-refractivity contribution in [1.82, 2.24) is 9.66 Å². The van der Waals surface area contributed by atoms with Gasteiger partial charge in [-0.3, -0.25) is 0 Å². The van der Waals surface area contributed by atoms with E-state index in [0.29, 0.717) is 5.95 Å². The molecule has 0 atom stereocenters. The van der Waals surface area contributed by atoms with E-state index in [9.17, 15) is 4.39 Å². The van der Waals surface area contributed by atoms with E-state index >= 15 is 0 Å². The highest BCUT2D eigenvalue weighted by atomic mass is 19.1. The predicted molar refractivity (Wildman–Crippen MR) is 86.2 cm³/mol. The molecule has 0 aliphatic rings. The number of aryl methyl sites for hydroxylation is 1. The molecule has 0 aliphatic heterocycles. The number of hydrogen-bond acceptors (Lipinski definition) is 3. The topological polar surface area (TPSA) is 56.2 Å². The van der Waals surface area contributed by atoms with Crippen LogP contribution in [0.15, 0.2) is 59.8 Å². The van der Waals surface area contributed by atoms with Gasteiger partial charge in [0.15, 0.2) is 0 Å². The Morgan fingerprint density at radius 1 is 1.18 bits per heavy atom. The second-order valence-electron chi connectivity index (χ2n) is 4.93. The van der Waals surface area contributed by atoms with Gasteiger partial charge in [-0.15, -0.1) is 0 Å². The molecule has 0 fully saturated rings. The normalized spacial score (nSPS) is 11.2. The highest BCUT2D eigenvalue weighted by Gasteiger charge is 2.04. The first-order valence-corrected chi connectivity index (χ1v) is 6.84. The first kappa shape index (κ1) is 14.0. The van der Waals surface area contributed by atoms with Crippen LogP contribution >= 0.6 is 0 Å². The molecule has 1 aromatic heterocycles. The largest absolute Gasteiger partial charge is 0.368 e. The quantitative estimate of drug-likeness (QED) is 0.752. The summed E-state index contributed by atoms with van der Waals surface area (Å²) in [4.78, 5) is 4.09. The van der Waals surface area contributed by atoms with Gasteiger partial charge in [-0.1, -0.05) is 36.4 Å². The number of benzene rings is 2. The minimum Gasteiger partial charge on any atom is -0.368 e. The molecule has 1 heterocycles. The Morgan fingerprint density at radius 2 is 2.00 bits per heavy atom. The Morgan fingerprint density at radius 3 is 2.73 bits per heavy atom. The number of halogens is 1. The molecule has 0 aliphatic carbocycles. The summed E-state index contributed by atoms with van der Waals surface area (Å²) in [6, 6.07) is 14.2. The van der Waals surface area contributed by atoms with Crippen LogP contribution in [0.1, 0.15) is 11.3 Å². The van der Waals surface area contributed by atoms with Crippen molar-refractivity contribution in [2.75, 3.05) is 5.73 Å². The molecule has 4 nitrogen and oxygen atoms in total. The minimum absolute atomic E-state index is 0.265. The van der Waals surface area contributed by atoms with Crippen LogP contribution in [-0.4, -0.2) is 15.9 Å². The average Bonchev–Trinajstić information content (AvgIpc) is 2.83. The zero-order valence-electron chi connectivity index (χ0n) is 12.1. The number of imidazole rings is 1. The summed E-state index contributed by atoms with van der Waals surface area (Å²) in [5.41, 5.74) is 9.14. The maximum absolute atomic E-state index is 13.4. The zero-order chi connectivity index (χ0) is 15.5. The Hall–Kier alpha value is -2.95. The monoisotopic (exact) mass is 294 g/mol. The molecule has 110 valence electrons. The van der Waals surface area contributed by atoms with Gasteiger partial charge in [-0.05, 0) is 30.2 Å². The molecule has 3 aromatic rings. The van der Waals surface area contributed by atoms with E-state index in [0.717, 1.165) is 22.4 Å². The molecule has 2 N–H and O–H groups in total. The van der Waals surface area contributed by atoms with E-state index in [1.165, 1.54) is 16.8 Å². The second kappa shape index (κ2) is 5.81. The number of nitrogens with zero attached hydrogens (tertiary/aromatic N) is 3. The lowest BCUT2D eigenvalue weighted by atomic mass is 10.0. The lowest BCUT2D eigenvalue weighted by molar-refractivity contribution is 0.628. The fourth-order valence-corrected chi connectivity index (χ4v) is 2.25. The maximum Gasteiger partial charge on any atom is 0.221 e. The average molecular weight is 294 g/mol. The van der Waals surface area contributed by atoms with Crippen molar-refractivity contribution < 1.29 is 4.39 Å². The molecule has 3 rings (SSSR count). The van der Waals surface area contributed by atoms with Crippen molar-refractivity contribution in [2.24, 2.45) is 5.10 Å². The number of rotatable bonds is 3. The van der Waals surface area contributed by atoms with E-state index in [1.54, 1.807) is 18.5 Å². The van der Waals surface area contributed by atoms with Gasteiger partial charge < -0.3 is 5.73 Å². The summed E-state index contributed by atoms with van der Waals surface area (Å²) >= 11 is 0. The predicted octanol–water partition coefficient (Wildman–Crippen LogP) is 3.46. The number of hydrogen-bond donors (Lipinski definition) is 1. The summed E-state index contributed by atoms with van der Waals surface area (Å²) < 4.78 is 14.9. The molecular formula is C17H15FN4. The molecule has 0 amide bonds.